The normalized spacial score (nSPS) is 12.4. The van der Waals surface area contributed by atoms with Crippen molar-refractivity contribution in [3.05, 3.63) is 71.5 Å². The number of carbonyl (C=O) groups excluding carboxylic acids is 1. The third kappa shape index (κ3) is 5.88. The van der Waals surface area contributed by atoms with Crippen LogP contribution in [0.15, 0.2) is 59.6 Å². The molecule has 0 spiro atoms. The first kappa shape index (κ1) is 19.4. The van der Waals surface area contributed by atoms with Crippen molar-refractivity contribution in [3.8, 4) is 0 Å². The highest BCUT2D eigenvalue weighted by molar-refractivity contribution is 5.86. The van der Waals surface area contributed by atoms with Crippen LogP contribution in [-0.2, 0) is 11.3 Å². The summed E-state index contributed by atoms with van der Waals surface area (Å²) in [4.78, 5) is 17.8. The number of hydrogen-bond acceptors (Lipinski definition) is 2. The number of carbonyl (C=O) groups is 1. The van der Waals surface area contributed by atoms with Crippen LogP contribution in [0.1, 0.15) is 24.1 Å². The van der Waals surface area contributed by atoms with Crippen LogP contribution < -0.4 is 10.6 Å². The lowest BCUT2D eigenvalue weighted by molar-refractivity contribution is -0.127. The molecule has 6 heteroatoms. The van der Waals surface area contributed by atoms with Gasteiger partial charge in [0.1, 0.15) is 5.82 Å². The highest BCUT2D eigenvalue weighted by atomic mass is 19.1. The molecule has 0 aliphatic rings. The van der Waals surface area contributed by atoms with Crippen molar-refractivity contribution in [2.45, 2.75) is 19.5 Å². The fraction of sp³-hybridized carbons (Fsp3) is 0.300. The van der Waals surface area contributed by atoms with Crippen LogP contribution in [0.3, 0.4) is 0 Å². The molecule has 0 aliphatic carbocycles. The quantitative estimate of drug-likeness (QED) is 0.618. The Balaban J connectivity index is 2.11. The van der Waals surface area contributed by atoms with Gasteiger partial charge >= 0.3 is 0 Å². The van der Waals surface area contributed by atoms with Gasteiger partial charge in [0.15, 0.2) is 5.96 Å². The van der Waals surface area contributed by atoms with Gasteiger partial charge in [-0.15, -0.1) is 0 Å². The first-order valence-corrected chi connectivity index (χ1v) is 8.50. The summed E-state index contributed by atoms with van der Waals surface area (Å²) in [5.74, 6) is 0.0913. The Kier molecular flexibility index (Phi) is 7.14. The summed E-state index contributed by atoms with van der Waals surface area (Å²) < 4.78 is 13.8. The summed E-state index contributed by atoms with van der Waals surface area (Å²) in [5, 5.41) is 6.28. The molecule has 1 amide bonds. The molecular weight excluding hydrogens is 331 g/mol. The first-order chi connectivity index (χ1) is 12.5. The lowest BCUT2D eigenvalue weighted by atomic mass is 10.1. The molecule has 0 aliphatic heterocycles. The van der Waals surface area contributed by atoms with Crippen molar-refractivity contribution < 1.29 is 9.18 Å². The fourth-order valence-electron chi connectivity index (χ4n) is 2.29. The average molecular weight is 356 g/mol. The molecule has 0 fully saturated rings. The standard InChI is InChI=1S/C20H25FN4O/c1-15(16-9-5-4-6-10-16)24-20(23-14-19(26)25(2)3)22-13-17-11-7-8-12-18(17)21/h4-12,15H,13-14H2,1-3H3,(H2,22,23,24). The smallest absolute Gasteiger partial charge is 0.241 e. The molecule has 0 heterocycles. The molecule has 2 rings (SSSR count). The Bertz CT molecular complexity index is 746. The van der Waals surface area contributed by atoms with Gasteiger partial charge in [0.2, 0.25) is 5.91 Å². The van der Waals surface area contributed by atoms with Crippen LogP contribution in [0.2, 0.25) is 0 Å². The molecular formula is C20H25FN4O. The monoisotopic (exact) mass is 356 g/mol. The number of halogens is 1. The van der Waals surface area contributed by atoms with Crippen molar-refractivity contribution in [2.75, 3.05) is 20.6 Å². The number of nitrogens with zero attached hydrogens (tertiary/aromatic N) is 2. The highest BCUT2D eigenvalue weighted by Crippen LogP contribution is 2.11. The third-order valence-corrected chi connectivity index (χ3v) is 3.92. The molecule has 0 aromatic heterocycles. The van der Waals surface area contributed by atoms with Crippen LogP contribution in [0.25, 0.3) is 0 Å². The molecule has 138 valence electrons. The fourth-order valence-corrected chi connectivity index (χ4v) is 2.29. The number of benzene rings is 2. The van der Waals surface area contributed by atoms with Crippen molar-refractivity contribution in [1.82, 2.24) is 15.5 Å². The van der Waals surface area contributed by atoms with E-state index in [1.807, 2.05) is 37.3 Å². The molecule has 1 unspecified atom stereocenters. The molecule has 0 saturated heterocycles. The number of hydrogen-bond donors (Lipinski definition) is 2. The Morgan fingerprint density at radius 3 is 2.42 bits per heavy atom. The molecule has 2 N–H and O–H groups in total. The minimum absolute atomic E-state index is 0.0162. The minimum atomic E-state index is -0.295. The molecule has 0 saturated carbocycles. The van der Waals surface area contributed by atoms with Crippen molar-refractivity contribution in [1.29, 1.82) is 0 Å². The van der Waals surface area contributed by atoms with E-state index in [2.05, 4.69) is 15.6 Å². The maximum absolute atomic E-state index is 13.8. The Morgan fingerprint density at radius 2 is 1.77 bits per heavy atom. The predicted molar refractivity (Wildman–Crippen MR) is 102 cm³/mol. The van der Waals surface area contributed by atoms with Crippen LogP contribution in [0.4, 0.5) is 4.39 Å². The molecule has 26 heavy (non-hydrogen) atoms. The number of guanidine groups is 1. The van der Waals surface area contributed by atoms with Gasteiger partial charge in [-0.3, -0.25) is 4.79 Å². The summed E-state index contributed by atoms with van der Waals surface area (Å²) in [6.45, 7) is 2.29. The third-order valence-electron chi connectivity index (χ3n) is 3.92. The van der Waals surface area contributed by atoms with Crippen molar-refractivity contribution >= 4 is 11.9 Å². The van der Waals surface area contributed by atoms with Crippen molar-refractivity contribution in [3.63, 3.8) is 0 Å². The van der Waals surface area contributed by atoms with E-state index in [0.717, 1.165) is 5.56 Å². The van der Waals surface area contributed by atoms with Crippen LogP contribution >= 0.6 is 0 Å². The molecule has 1 atom stereocenters. The second-order valence-corrected chi connectivity index (χ2v) is 6.17. The highest BCUT2D eigenvalue weighted by Gasteiger charge is 2.10. The summed E-state index contributed by atoms with van der Waals surface area (Å²) in [7, 11) is 3.39. The summed E-state index contributed by atoms with van der Waals surface area (Å²) in [5.41, 5.74) is 1.59. The van der Waals surface area contributed by atoms with E-state index in [9.17, 15) is 9.18 Å². The topological polar surface area (TPSA) is 56.7 Å². The molecule has 5 nitrogen and oxygen atoms in total. The lowest BCUT2D eigenvalue weighted by Crippen LogP contribution is -2.43. The summed E-state index contributed by atoms with van der Waals surface area (Å²) in [6, 6.07) is 16.4. The summed E-state index contributed by atoms with van der Waals surface area (Å²) >= 11 is 0. The average Bonchev–Trinajstić information content (AvgIpc) is 2.65. The van der Waals surface area contributed by atoms with Crippen LogP contribution in [0.5, 0.6) is 0 Å². The Labute approximate surface area is 153 Å². The number of nitrogens with one attached hydrogen (secondary N) is 2. The Hall–Kier alpha value is -2.89. The number of amides is 1. The number of aliphatic imine (C=N–C) groups is 1. The van der Waals surface area contributed by atoms with Gasteiger partial charge in [0.25, 0.3) is 0 Å². The Morgan fingerprint density at radius 1 is 1.12 bits per heavy atom. The van der Waals surface area contributed by atoms with Gasteiger partial charge in [0.05, 0.1) is 19.1 Å². The van der Waals surface area contributed by atoms with E-state index in [0.29, 0.717) is 11.5 Å². The van der Waals surface area contributed by atoms with E-state index in [-0.39, 0.29) is 30.9 Å². The summed E-state index contributed by atoms with van der Waals surface area (Å²) in [6.07, 6.45) is 0. The van der Waals surface area contributed by atoms with Gasteiger partial charge in [-0.05, 0) is 18.6 Å². The zero-order valence-electron chi connectivity index (χ0n) is 15.4. The maximum Gasteiger partial charge on any atom is 0.241 e. The minimum Gasteiger partial charge on any atom is -0.350 e. The van der Waals surface area contributed by atoms with Gasteiger partial charge in [-0.1, -0.05) is 48.5 Å². The second-order valence-electron chi connectivity index (χ2n) is 6.17. The molecule has 0 bridgehead atoms. The lowest BCUT2D eigenvalue weighted by Gasteiger charge is -2.19. The van der Waals surface area contributed by atoms with Crippen molar-refractivity contribution in [2.24, 2.45) is 4.99 Å². The van der Waals surface area contributed by atoms with Crippen LogP contribution in [-0.4, -0.2) is 37.4 Å². The number of rotatable bonds is 6. The zero-order valence-corrected chi connectivity index (χ0v) is 15.4. The van der Waals surface area contributed by atoms with Gasteiger partial charge in [0, 0.05) is 19.7 Å². The van der Waals surface area contributed by atoms with Gasteiger partial charge < -0.3 is 15.5 Å². The largest absolute Gasteiger partial charge is 0.350 e. The van der Waals surface area contributed by atoms with E-state index in [4.69, 9.17) is 0 Å². The van der Waals surface area contributed by atoms with E-state index in [1.54, 1.807) is 32.3 Å². The molecule has 2 aromatic carbocycles. The van der Waals surface area contributed by atoms with Gasteiger partial charge in [-0.25, -0.2) is 9.38 Å². The molecule has 2 aromatic rings. The van der Waals surface area contributed by atoms with Crippen LogP contribution in [0, 0.1) is 5.82 Å². The first-order valence-electron chi connectivity index (χ1n) is 8.50. The van der Waals surface area contributed by atoms with E-state index < -0.39 is 0 Å². The number of likely N-dealkylation sites (N-methyl/N-ethyl adjacent to an activating group) is 1. The SMILES string of the molecule is CC(NC(=NCc1ccccc1F)NCC(=O)N(C)C)c1ccccc1. The second kappa shape index (κ2) is 9.56. The zero-order chi connectivity index (χ0) is 18.9. The van der Waals surface area contributed by atoms with E-state index >= 15 is 0 Å². The van der Waals surface area contributed by atoms with Gasteiger partial charge in [-0.2, -0.15) is 0 Å². The molecule has 0 radical (unpaired) electrons. The maximum atomic E-state index is 13.8. The predicted octanol–water partition coefficient (Wildman–Crippen LogP) is 2.71. The van der Waals surface area contributed by atoms with E-state index in [1.165, 1.54) is 11.0 Å².